The van der Waals surface area contributed by atoms with Gasteiger partial charge in [-0.25, -0.2) is 0 Å². The first-order valence-corrected chi connectivity index (χ1v) is 8.21. The molecular formula is C21H18F3NO3. The quantitative estimate of drug-likeness (QED) is 0.599. The first-order valence-electron chi connectivity index (χ1n) is 8.21. The van der Waals surface area contributed by atoms with Gasteiger partial charge in [-0.15, -0.1) is 0 Å². The lowest BCUT2D eigenvalue weighted by Crippen LogP contribution is -2.23. The molecule has 0 aliphatic heterocycles. The van der Waals surface area contributed by atoms with Gasteiger partial charge >= 0.3 is 6.18 Å². The lowest BCUT2D eigenvalue weighted by atomic mass is 10.1. The SMILES string of the molecule is C=CCOc1ccc(C(=O)NCC#Cc2cccc(C(F)(F)F)c2)cc1OC. The summed E-state index contributed by atoms with van der Waals surface area (Å²) in [5.41, 5.74) is -0.215. The fourth-order valence-electron chi connectivity index (χ4n) is 2.22. The van der Waals surface area contributed by atoms with Crippen LogP contribution in [-0.2, 0) is 6.18 Å². The molecule has 0 saturated heterocycles. The standard InChI is InChI=1S/C21H18F3NO3/c1-3-12-28-18-10-9-16(14-19(18)27-2)20(26)25-11-5-7-15-6-4-8-17(13-15)21(22,23)24/h3-4,6,8-10,13-14H,1,11-12H2,2H3,(H,25,26). The zero-order chi connectivity index (χ0) is 20.6. The van der Waals surface area contributed by atoms with E-state index < -0.39 is 17.6 Å². The van der Waals surface area contributed by atoms with E-state index >= 15 is 0 Å². The molecule has 0 saturated carbocycles. The zero-order valence-corrected chi connectivity index (χ0v) is 15.1. The van der Waals surface area contributed by atoms with Gasteiger partial charge in [-0.05, 0) is 36.4 Å². The summed E-state index contributed by atoms with van der Waals surface area (Å²) in [4.78, 5) is 12.2. The van der Waals surface area contributed by atoms with Gasteiger partial charge in [-0.2, -0.15) is 13.2 Å². The van der Waals surface area contributed by atoms with E-state index in [2.05, 4.69) is 23.7 Å². The summed E-state index contributed by atoms with van der Waals surface area (Å²) in [6, 6.07) is 9.38. The van der Waals surface area contributed by atoms with Crippen molar-refractivity contribution in [2.75, 3.05) is 20.3 Å². The minimum atomic E-state index is -4.42. The maximum atomic E-state index is 12.7. The fourth-order valence-corrected chi connectivity index (χ4v) is 2.22. The lowest BCUT2D eigenvalue weighted by molar-refractivity contribution is -0.137. The van der Waals surface area contributed by atoms with Crippen LogP contribution in [0.15, 0.2) is 55.1 Å². The van der Waals surface area contributed by atoms with Crippen molar-refractivity contribution in [3.05, 3.63) is 71.8 Å². The van der Waals surface area contributed by atoms with Gasteiger partial charge in [0.2, 0.25) is 0 Å². The number of hydrogen-bond donors (Lipinski definition) is 1. The van der Waals surface area contributed by atoms with E-state index in [-0.39, 0.29) is 12.1 Å². The maximum absolute atomic E-state index is 12.7. The van der Waals surface area contributed by atoms with Crippen LogP contribution in [0.1, 0.15) is 21.5 Å². The molecule has 1 amide bonds. The van der Waals surface area contributed by atoms with E-state index in [0.717, 1.165) is 12.1 Å². The average molecular weight is 389 g/mol. The number of ether oxygens (including phenoxy) is 2. The molecular weight excluding hydrogens is 371 g/mol. The number of halogens is 3. The number of hydrogen-bond acceptors (Lipinski definition) is 3. The monoisotopic (exact) mass is 389 g/mol. The molecule has 0 spiro atoms. The summed E-state index contributed by atoms with van der Waals surface area (Å²) < 4.78 is 48.7. The fraction of sp³-hybridized carbons (Fsp3) is 0.190. The van der Waals surface area contributed by atoms with Crippen LogP contribution in [0.3, 0.4) is 0 Å². The molecule has 7 heteroatoms. The number of benzene rings is 2. The van der Waals surface area contributed by atoms with Gasteiger partial charge in [0.25, 0.3) is 5.91 Å². The Morgan fingerprint density at radius 2 is 2.00 bits per heavy atom. The van der Waals surface area contributed by atoms with Gasteiger partial charge in [0, 0.05) is 11.1 Å². The number of methoxy groups -OCH3 is 1. The van der Waals surface area contributed by atoms with Crippen LogP contribution in [0.5, 0.6) is 11.5 Å². The van der Waals surface area contributed by atoms with Crippen molar-refractivity contribution in [3.8, 4) is 23.3 Å². The number of alkyl halides is 3. The smallest absolute Gasteiger partial charge is 0.416 e. The van der Waals surface area contributed by atoms with Crippen LogP contribution in [-0.4, -0.2) is 26.2 Å². The predicted molar refractivity (Wildman–Crippen MR) is 99.3 cm³/mol. The largest absolute Gasteiger partial charge is 0.493 e. The van der Waals surface area contributed by atoms with Crippen molar-refractivity contribution in [2.24, 2.45) is 0 Å². The molecule has 28 heavy (non-hydrogen) atoms. The molecule has 0 heterocycles. The van der Waals surface area contributed by atoms with E-state index in [1.807, 2.05) is 0 Å². The Bertz CT molecular complexity index is 911. The van der Waals surface area contributed by atoms with Crippen molar-refractivity contribution in [3.63, 3.8) is 0 Å². The Kier molecular flexibility index (Phi) is 7.10. The molecule has 2 aromatic carbocycles. The Labute approximate surface area is 161 Å². The van der Waals surface area contributed by atoms with Crippen LogP contribution < -0.4 is 14.8 Å². The van der Waals surface area contributed by atoms with Gasteiger partial charge in [0.1, 0.15) is 6.61 Å². The summed E-state index contributed by atoms with van der Waals surface area (Å²) in [6.45, 7) is 3.84. The number of carbonyl (C=O) groups is 1. The van der Waals surface area contributed by atoms with E-state index in [9.17, 15) is 18.0 Å². The van der Waals surface area contributed by atoms with Crippen molar-refractivity contribution < 1.29 is 27.4 Å². The number of nitrogens with one attached hydrogen (secondary N) is 1. The Hall–Kier alpha value is -3.40. The van der Waals surface area contributed by atoms with Gasteiger partial charge in [0.15, 0.2) is 11.5 Å². The van der Waals surface area contributed by atoms with Gasteiger partial charge in [-0.3, -0.25) is 4.79 Å². The molecule has 0 fully saturated rings. The van der Waals surface area contributed by atoms with Crippen LogP contribution in [0.2, 0.25) is 0 Å². The third-order valence-corrected chi connectivity index (χ3v) is 3.54. The van der Waals surface area contributed by atoms with Crippen molar-refractivity contribution in [1.29, 1.82) is 0 Å². The highest BCUT2D eigenvalue weighted by atomic mass is 19.4. The highest BCUT2D eigenvalue weighted by molar-refractivity contribution is 5.95. The summed E-state index contributed by atoms with van der Waals surface area (Å²) >= 11 is 0. The molecule has 1 N–H and O–H groups in total. The number of amides is 1. The predicted octanol–water partition coefficient (Wildman–Crippen LogP) is 4.06. The first kappa shape index (κ1) is 20.9. The number of rotatable bonds is 6. The highest BCUT2D eigenvalue weighted by Gasteiger charge is 2.30. The minimum Gasteiger partial charge on any atom is -0.493 e. The topological polar surface area (TPSA) is 47.6 Å². The van der Waals surface area contributed by atoms with Crippen molar-refractivity contribution in [1.82, 2.24) is 5.32 Å². The minimum absolute atomic E-state index is 0.0217. The summed E-state index contributed by atoms with van der Waals surface area (Å²) in [6.07, 6.45) is -2.84. The molecule has 2 rings (SSSR count). The van der Waals surface area contributed by atoms with Crippen LogP contribution in [0.4, 0.5) is 13.2 Å². The van der Waals surface area contributed by atoms with Gasteiger partial charge < -0.3 is 14.8 Å². The lowest BCUT2D eigenvalue weighted by Gasteiger charge is -2.10. The van der Waals surface area contributed by atoms with Crippen LogP contribution in [0, 0.1) is 11.8 Å². The van der Waals surface area contributed by atoms with E-state index in [1.165, 1.54) is 25.3 Å². The molecule has 0 radical (unpaired) electrons. The average Bonchev–Trinajstić information content (AvgIpc) is 2.69. The summed E-state index contributed by atoms with van der Waals surface area (Å²) in [7, 11) is 1.46. The normalized spacial score (nSPS) is 10.4. The van der Waals surface area contributed by atoms with E-state index in [4.69, 9.17) is 9.47 Å². The third kappa shape index (κ3) is 5.81. The maximum Gasteiger partial charge on any atom is 0.416 e. The molecule has 0 unspecified atom stereocenters. The number of carbonyl (C=O) groups excluding carboxylic acids is 1. The second-order valence-electron chi connectivity index (χ2n) is 5.53. The highest BCUT2D eigenvalue weighted by Crippen LogP contribution is 2.29. The summed E-state index contributed by atoms with van der Waals surface area (Å²) in [5.74, 6) is 5.70. The molecule has 0 atom stereocenters. The molecule has 0 aromatic heterocycles. The second kappa shape index (κ2) is 9.51. The van der Waals surface area contributed by atoms with Gasteiger partial charge in [0.05, 0.1) is 19.2 Å². The zero-order valence-electron chi connectivity index (χ0n) is 15.1. The van der Waals surface area contributed by atoms with E-state index in [0.29, 0.717) is 23.7 Å². The van der Waals surface area contributed by atoms with Crippen molar-refractivity contribution >= 4 is 5.91 Å². The first-order chi connectivity index (χ1) is 13.3. The molecule has 0 aliphatic rings. The van der Waals surface area contributed by atoms with Gasteiger partial charge in [-0.1, -0.05) is 30.6 Å². The summed E-state index contributed by atoms with van der Waals surface area (Å²) in [5, 5.41) is 2.58. The molecule has 0 bridgehead atoms. The van der Waals surface area contributed by atoms with E-state index in [1.54, 1.807) is 18.2 Å². The Morgan fingerprint density at radius 3 is 2.68 bits per heavy atom. The molecule has 2 aromatic rings. The van der Waals surface area contributed by atoms with Crippen LogP contribution in [0.25, 0.3) is 0 Å². The molecule has 146 valence electrons. The molecule has 0 aliphatic carbocycles. The second-order valence-corrected chi connectivity index (χ2v) is 5.53. The van der Waals surface area contributed by atoms with Crippen molar-refractivity contribution in [2.45, 2.75) is 6.18 Å². The Balaban J connectivity index is 2.00. The van der Waals surface area contributed by atoms with Crippen LogP contribution >= 0.6 is 0 Å². The Morgan fingerprint density at radius 1 is 1.21 bits per heavy atom. The third-order valence-electron chi connectivity index (χ3n) is 3.54. The molecule has 4 nitrogen and oxygen atoms in total.